The number of fused-ring (bicyclic) bond motifs is 1. The van der Waals surface area contributed by atoms with Gasteiger partial charge in [-0.25, -0.2) is 0 Å². The summed E-state index contributed by atoms with van der Waals surface area (Å²) in [6, 6.07) is 9.86. The highest BCUT2D eigenvalue weighted by Crippen LogP contribution is 2.31. The molecule has 0 unspecified atom stereocenters. The maximum atomic E-state index is 12.5. The number of piperidine rings is 1. The molecule has 6 nitrogen and oxygen atoms in total. The topological polar surface area (TPSA) is 63.7 Å². The molecule has 0 saturated carbocycles. The number of para-hydroxylation sites is 1. The van der Waals surface area contributed by atoms with Crippen LogP contribution in [0.25, 0.3) is 10.9 Å². The van der Waals surface area contributed by atoms with Gasteiger partial charge in [0.1, 0.15) is 0 Å². The van der Waals surface area contributed by atoms with Crippen LogP contribution >= 0.6 is 0 Å². The Kier molecular flexibility index (Phi) is 4.08. The first-order valence-corrected chi connectivity index (χ1v) is 8.39. The maximum Gasteiger partial charge on any atom is 0.241 e. The molecule has 0 bridgehead atoms. The lowest BCUT2D eigenvalue weighted by Crippen LogP contribution is -2.48. The quantitative estimate of drug-likeness (QED) is 0.934. The number of likely N-dealkylation sites (tertiary alicyclic amines) is 1. The lowest BCUT2D eigenvalue weighted by Gasteiger charge is -2.37. The second-order valence-corrected chi connectivity index (χ2v) is 6.22. The van der Waals surface area contributed by atoms with E-state index in [1.54, 1.807) is 6.20 Å². The van der Waals surface area contributed by atoms with Gasteiger partial charge in [-0.3, -0.25) is 9.78 Å². The molecule has 1 aromatic carbocycles. The summed E-state index contributed by atoms with van der Waals surface area (Å²) in [7, 11) is 0. The average Bonchev–Trinajstić information content (AvgIpc) is 3.08. The summed E-state index contributed by atoms with van der Waals surface area (Å²) in [6.45, 7) is 2.93. The number of pyridine rings is 1. The summed E-state index contributed by atoms with van der Waals surface area (Å²) >= 11 is 0. The molecule has 2 aromatic rings. The number of rotatable bonds is 3. The van der Waals surface area contributed by atoms with Gasteiger partial charge in [0.15, 0.2) is 5.79 Å². The van der Waals surface area contributed by atoms with E-state index in [-0.39, 0.29) is 12.5 Å². The molecule has 2 saturated heterocycles. The highest BCUT2D eigenvalue weighted by molar-refractivity contribution is 5.92. The Morgan fingerprint density at radius 3 is 2.71 bits per heavy atom. The summed E-state index contributed by atoms with van der Waals surface area (Å²) in [5.41, 5.74) is 1.77. The first kappa shape index (κ1) is 15.4. The Bertz CT molecular complexity index is 728. The van der Waals surface area contributed by atoms with Gasteiger partial charge in [-0.2, -0.15) is 0 Å². The molecule has 3 heterocycles. The van der Waals surface area contributed by atoms with E-state index in [0.29, 0.717) is 26.3 Å². The number of hydrogen-bond donors (Lipinski definition) is 1. The molecule has 2 aliphatic rings. The fourth-order valence-electron chi connectivity index (χ4n) is 3.41. The summed E-state index contributed by atoms with van der Waals surface area (Å²) in [5, 5.41) is 4.29. The zero-order valence-electron chi connectivity index (χ0n) is 13.5. The van der Waals surface area contributed by atoms with Crippen molar-refractivity contribution >= 4 is 22.5 Å². The Morgan fingerprint density at radius 2 is 1.92 bits per heavy atom. The molecular formula is C18H21N3O3. The minimum absolute atomic E-state index is 0.0933. The van der Waals surface area contributed by atoms with Gasteiger partial charge in [-0.1, -0.05) is 18.2 Å². The number of ether oxygens (including phenoxy) is 2. The lowest BCUT2D eigenvalue weighted by molar-refractivity contribution is -0.187. The second-order valence-electron chi connectivity index (χ2n) is 6.22. The molecule has 0 radical (unpaired) electrons. The first-order valence-electron chi connectivity index (χ1n) is 8.39. The van der Waals surface area contributed by atoms with Crippen LogP contribution in [0.4, 0.5) is 5.69 Å². The van der Waals surface area contributed by atoms with Crippen molar-refractivity contribution in [1.82, 2.24) is 9.88 Å². The SMILES string of the molecule is O=C(CNc1cccc2cccnc12)N1CCC2(CC1)OCCO2. The molecule has 24 heavy (non-hydrogen) atoms. The van der Waals surface area contributed by atoms with E-state index in [1.165, 1.54) is 0 Å². The molecule has 1 aromatic heterocycles. The van der Waals surface area contributed by atoms with E-state index >= 15 is 0 Å². The van der Waals surface area contributed by atoms with Crippen molar-refractivity contribution in [3.05, 3.63) is 36.5 Å². The third kappa shape index (κ3) is 2.95. The highest BCUT2D eigenvalue weighted by Gasteiger charge is 2.40. The third-order valence-corrected chi connectivity index (χ3v) is 4.75. The summed E-state index contributed by atoms with van der Waals surface area (Å²) < 4.78 is 11.4. The van der Waals surface area contributed by atoms with Gasteiger partial charge in [0.2, 0.25) is 5.91 Å². The predicted molar refractivity (Wildman–Crippen MR) is 90.7 cm³/mol. The van der Waals surface area contributed by atoms with Gasteiger partial charge in [-0.15, -0.1) is 0 Å². The van der Waals surface area contributed by atoms with Crippen LogP contribution in [0.15, 0.2) is 36.5 Å². The Labute approximate surface area is 140 Å². The fourth-order valence-corrected chi connectivity index (χ4v) is 3.41. The summed E-state index contributed by atoms with van der Waals surface area (Å²) in [4.78, 5) is 18.7. The van der Waals surface area contributed by atoms with Crippen LogP contribution in [-0.4, -0.2) is 54.4 Å². The fraction of sp³-hybridized carbons (Fsp3) is 0.444. The minimum Gasteiger partial charge on any atom is -0.374 e. The molecule has 0 aliphatic carbocycles. The molecule has 6 heteroatoms. The predicted octanol–water partition coefficient (Wildman–Crippen LogP) is 2.01. The van der Waals surface area contributed by atoms with Crippen LogP contribution in [0, 0.1) is 0 Å². The molecule has 1 spiro atoms. The van der Waals surface area contributed by atoms with Crippen LogP contribution in [0.1, 0.15) is 12.8 Å². The zero-order chi connectivity index (χ0) is 16.4. The van der Waals surface area contributed by atoms with Gasteiger partial charge in [0.25, 0.3) is 0 Å². The lowest BCUT2D eigenvalue weighted by atomic mass is 10.0. The van der Waals surface area contributed by atoms with Crippen LogP contribution < -0.4 is 5.32 Å². The van der Waals surface area contributed by atoms with Crippen molar-refractivity contribution in [3.8, 4) is 0 Å². The number of nitrogens with one attached hydrogen (secondary N) is 1. The number of hydrogen-bond acceptors (Lipinski definition) is 5. The van der Waals surface area contributed by atoms with Gasteiger partial charge >= 0.3 is 0 Å². The molecule has 2 fully saturated rings. The van der Waals surface area contributed by atoms with Gasteiger partial charge in [0, 0.05) is 37.5 Å². The second kappa shape index (κ2) is 6.37. The smallest absolute Gasteiger partial charge is 0.241 e. The standard InChI is InChI=1S/C18H21N3O3/c22-16(21-9-6-18(7-10-21)23-11-12-24-18)13-20-15-5-1-3-14-4-2-8-19-17(14)15/h1-5,8,20H,6-7,9-13H2. The van der Waals surface area contributed by atoms with Crippen LogP contribution in [0.2, 0.25) is 0 Å². The monoisotopic (exact) mass is 327 g/mol. The zero-order valence-corrected chi connectivity index (χ0v) is 13.5. The van der Waals surface area contributed by atoms with E-state index in [2.05, 4.69) is 10.3 Å². The van der Waals surface area contributed by atoms with Crippen molar-refractivity contribution in [2.45, 2.75) is 18.6 Å². The van der Waals surface area contributed by atoms with Crippen molar-refractivity contribution in [3.63, 3.8) is 0 Å². The van der Waals surface area contributed by atoms with Crippen molar-refractivity contribution < 1.29 is 14.3 Å². The minimum atomic E-state index is -0.441. The number of carbonyl (C=O) groups excluding carboxylic acids is 1. The van der Waals surface area contributed by atoms with Crippen LogP contribution in [0.3, 0.4) is 0 Å². The molecule has 2 aliphatic heterocycles. The number of aromatic nitrogens is 1. The average molecular weight is 327 g/mol. The molecule has 0 atom stereocenters. The Hall–Kier alpha value is -2.18. The molecule has 4 rings (SSSR count). The number of nitrogens with zero attached hydrogens (tertiary/aromatic N) is 2. The molecule has 1 N–H and O–H groups in total. The first-order chi connectivity index (χ1) is 11.8. The van der Waals surface area contributed by atoms with Crippen LogP contribution in [0.5, 0.6) is 0 Å². The number of carbonyl (C=O) groups is 1. The van der Waals surface area contributed by atoms with Crippen molar-refractivity contribution in [1.29, 1.82) is 0 Å². The summed E-state index contributed by atoms with van der Waals surface area (Å²) in [5.74, 6) is -0.347. The third-order valence-electron chi connectivity index (χ3n) is 4.75. The molecular weight excluding hydrogens is 306 g/mol. The maximum absolute atomic E-state index is 12.5. The van der Waals surface area contributed by atoms with Gasteiger partial charge < -0.3 is 19.7 Å². The van der Waals surface area contributed by atoms with E-state index in [4.69, 9.17) is 9.47 Å². The molecule has 126 valence electrons. The Morgan fingerprint density at radius 1 is 1.17 bits per heavy atom. The Balaban J connectivity index is 1.36. The number of benzene rings is 1. The van der Waals surface area contributed by atoms with Crippen LogP contribution in [-0.2, 0) is 14.3 Å². The summed E-state index contributed by atoms with van der Waals surface area (Å²) in [6.07, 6.45) is 3.25. The highest BCUT2D eigenvalue weighted by atomic mass is 16.7. The largest absolute Gasteiger partial charge is 0.374 e. The van der Waals surface area contributed by atoms with Crippen molar-refractivity contribution in [2.75, 3.05) is 38.2 Å². The normalized spacial score (nSPS) is 19.8. The van der Waals surface area contributed by atoms with E-state index in [0.717, 1.165) is 29.4 Å². The van der Waals surface area contributed by atoms with E-state index < -0.39 is 5.79 Å². The number of anilines is 1. The van der Waals surface area contributed by atoms with E-state index in [9.17, 15) is 4.79 Å². The van der Waals surface area contributed by atoms with Gasteiger partial charge in [0.05, 0.1) is 31.0 Å². The van der Waals surface area contributed by atoms with E-state index in [1.807, 2.05) is 35.2 Å². The number of amides is 1. The van der Waals surface area contributed by atoms with Gasteiger partial charge in [-0.05, 0) is 12.1 Å². The molecule has 1 amide bonds. The van der Waals surface area contributed by atoms with Crippen molar-refractivity contribution in [2.24, 2.45) is 0 Å².